The van der Waals surface area contributed by atoms with E-state index in [1.54, 1.807) is 42.5 Å². The van der Waals surface area contributed by atoms with E-state index in [4.69, 9.17) is 16.7 Å². The van der Waals surface area contributed by atoms with Crippen molar-refractivity contribution in [1.29, 1.82) is 0 Å². The third-order valence-corrected chi connectivity index (χ3v) is 9.89. The van der Waals surface area contributed by atoms with E-state index in [-0.39, 0.29) is 27.8 Å². The number of aromatic nitrogens is 3. The van der Waals surface area contributed by atoms with Gasteiger partial charge in [-0.2, -0.15) is 0 Å². The molecular formula is C29H29ClN6O5S. The summed E-state index contributed by atoms with van der Waals surface area (Å²) in [5.41, 5.74) is 1.44. The first kappa shape index (κ1) is 28.0. The summed E-state index contributed by atoms with van der Waals surface area (Å²) in [5.74, 6) is 0.197. The summed E-state index contributed by atoms with van der Waals surface area (Å²) >= 11 is 6.56. The number of carboxylic acid groups (broad SMARTS) is 1. The highest BCUT2D eigenvalue weighted by Gasteiger charge is 2.34. The molecule has 2 N–H and O–H groups in total. The fourth-order valence-electron chi connectivity index (χ4n) is 5.71. The standard InChI is InChI=1S/C29H29ClN6O5S/c30-24-16-31-28(32-20-12-15-35(17-20)27(37)19-10-13-34(14-11-19)29(38)39)33-26(24)23-18-36(25-9-5-4-8-22(23)25)42(40,41)21-6-2-1-3-7-21/h1-9,16,18-20H,10-15,17H2,(H,38,39)(H,31,32,33). The van der Waals surface area contributed by atoms with Crippen LogP contribution in [-0.2, 0) is 14.8 Å². The molecule has 0 aliphatic carbocycles. The molecule has 4 heterocycles. The number of hydrogen-bond acceptors (Lipinski definition) is 7. The molecule has 2 aliphatic heterocycles. The maximum absolute atomic E-state index is 13.5. The highest BCUT2D eigenvalue weighted by Crippen LogP contribution is 2.36. The number of amides is 2. The molecule has 0 bridgehead atoms. The molecule has 6 rings (SSSR count). The molecule has 1 atom stereocenters. The minimum Gasteiger partial charge on any atom is -0.465 e. The van der Waals surface area contributed by atoms with Gasteiger partial charge in [-0.25, -0.2) is 27.2 Å². The van der Waals surface area contributed by atoms with Crippen LogP contribution in [0.2, 0.25) is 5.02 Å². The summed E-state index contributed by atoms with van der Waals surface area (Å²) < 4.78 is 28.3. The second-order valence-electron chi connectivity index (χ2n) is 10.5. The molecular weight excluding hydrogens is 580 g/mol. The fourth-order valence-corrected chi connectivity index (χ4v) is 7.29. The third-order valence-electron chi connectivity index (χ3n) is 7.93. The van der Waals surface area contributed by atoms with Crippen molar-refractivity contribution < 1.29 is 23.1 Å². The first-order chi connectivity index (χ1) is 20.2. The summed E-state index contributed by atoms with van der Waals surface area (Å²) in [7, 11) is -3.88. The quantitative estimate of drug-likeness (QED) is 0.329. The highest BCUT2D eigenvalue weighted by atomic mass is 35.5. The predicted molar refractivity (Wildman–Crippen MR) is 158 cm³/mol. The van der Waals surface area contributed by atoms with Gasteiger partial charge in [-0.15, -0.1) is 0 Å². The molecule has 0 radical (unpaired) electrons. The molecule has 42 heavy (non-hydrogen) atoms. The molecule has 0 spiro atoms. The van der Waals surface area contributed by atoms with E-state index in [9.17, 15) is 18.0 Å². The van der Waals surface area contributed by atoms with Crippen LogP contribution in [0.15, 0.2) is 71.9 Å². The van der Waals surface area contributed by atoms with E-state index in [1.165, 1.54) is 21.3 Å². The van der Waals surface area contributed by atoms with Crippen molar-refractivity contribution in [3.63, 3.8) is 0 Å². The molecule has 2 aromatic carbocycles. The number of fused-ring (bicyclic) bond motifs is 1. The number of nitrogens with zero attached hydrogens (tertiary/aromatic N) is 5. The van der Waals surface area contributed by atoms with E-state index < -0.39 is 16.1 Å². The Bertz CT molecular complexity index is 1750. The van der Waals surface area contributed by atoms with Gasteiger partial charge in [-0.3, -0.25) is 4.79 Å². The van der Waals surface area contributed by atoms with Crippen molar-refractivity contribution in [3.05, 3.63) is 72.0 Å². The summed E-state index contributed by atoms with van der Waals surface area (Å²) in [6.07, 6.45) is 3.83. The number of hydrogen-bond donors (Lipinski definition) is 2. The zero-order valence-corrected chi connectivity index (χ0v) is 24.1. The number of carbonyl (C=O) groups excluding carboxylic acids is 1. The van der Waals surface area contributed by atoms with Crippen LogP contribution < -0.4 is 5.32 Å². The van der Waals surface area contributed by atoms with Crippen LogP contribution in [0.25, 0.3) is 22.2 Å². The molecule has 11 nitrogen and oxygen atoms in total. The predicted octanol–water partition coefficient (Wildman–Crippen LogP) is 4.39. The van der Waals surface area contributed by atoms with E-state index in [0.29, 0.717) is 73.6 Å². The van der Waals surface area contributed by atoms with Crippen molar-refractivity contribution in [3.8, 4) is 11.3 Å². The molecule has 2 amide bonds. The summed E-state index contributed by atoms with van der Waals surface area (Å²) in [6.45, 7) is 1.80. The molecule has 13 heteroatoms. The van der Waals surface area contributed by atoms with Gasteiger partial charge in [0.1, 0.15) is 0 Å². The Morgan fingerprint density at radius 3 is 2.38 bits per heavy atom. The Kier molecular flexibility index (Phi) is 7.50. The smallest absolute Gasteiger partial charge is 0.407 e. The molecule has 2 fully saturated rings. The number of likely N-dealkylation sites (tertiary alicyclic amines) is 2. The number of rotatable bonds is 6. The maximum atomic E-state index is 13.5. The molecule has 218 valence electrons. The van der Waals surface area contributed by atoms with Crippen molar-refractivity contribution in [2.75, 3.05) is 31.5 Å². The number of piperidine rings is 1. The summed E-state index contributed by atoms with van der Waals surface area (Å²) in [5, 5.41) is 13.4. The molecule has 2 aromatic heterocycles. The van der Waals surface area contributed by atoms with Crippen LogP contribution in [0.4, 0.5) is 10.7 Å². The fraction of sp³-hybridized carbons (Fsp3) is 0.310. The lowest BCUT2D eigenvalue weighted by atomic mass is 9.95. The van der Waals surface area contributed by atoms with Gasteiger partial charge in [-0.05, 0) is 37.5 Å². The Balaban J connectivity index is 1.22. The minimum atomic E-state index is -3.88. The Morgan fingerprint density at radius 1 is 0.952 bits per heavy atom. The molecule has 4 aromatic rings. The third kappa shape index (κ3) is 5.27. The lowest BCUT2D eigenvalue weighted by molar-refractivity contribution is -0.135. The van der Waals surface area contributed by atoms with Gasteiger partial charge in [0.15, 0.2) is 0 Å². The topological polar surface area (TPSA) is 138 Å². The van der Waals surface area contributed by atoms with Crippen molar-refractivity contribution >= 4 is 50.5 Å². The van der Waals surface area contributed by atoms with Crippen LogP contribution >= 0.6 is 11.6 Å². The van der Waals surface area contributed by atoms with Crippen molar-refractivity contribution in [2.45, 2.75) is 30.2 Å². The van der Waals surface area contributed by atoms with Crippen LogP contribution in [0.3, 0.4) is 0 Å². The van der Waals surface area contributed by atoms with Crippen LogP contribution in [0, 0.1) is 5.92 Å². The average Bonchev–Trinajstić information content (AvgIpc) is 3.64. The second kappa shape index (κ2) is 11.3. The van der Waals surface area contributed by atoms with Crippen LogP contribution in [0.1, 0.15) is 19.3 Å². The molecule has 0 saturated carbocycles. The number of anilines is 1. The summed E-state index contributed by atoms with van der Waals surface area (Å²) in [6, 6.07) is 15.3. The van der Waals surface area contributed by atoms with E-state index in [2.05, 4.69) is 15.3 Å². The van der Waals surface area contributed by atoms with E-state index >= 15 is 0 Å². The van der Waals surface area contributed by atoms with Gasteiger partial charge >= 0.3 is 6.09 Å². The molecule has 2 aliphatic rings. The largest absolute Gasteiger partial charge is 0.465 e. The molecule has 2 saturated heterocycles. The van der Waals surface area contributed by atoms with Crippen LogP contribution in [0.5, 0.6) is 0 Å². The minimum absolute atomic E-state index is 0.0505. The lowest BCUT2D eigenvalue weighted by Gasteiger charge is -2.31. The van der Waals surface area contributed by atoms with Crippen molar-refractivity contribution in [2.24, 2.45) is 5.92 Å². The van der Waals surface area contributed by atoms with Gasteiger partial charge in [0, 0.05) is 55.3 Å². The first-order valence-electron chi connectivity index (χ1n) is 13.7. The number of carbonyl (C=O) groups is 2. The number of nitrogens with one attached hydrogen (secondary N) is 1. The number of halogens is 1. The Labute approximate surface area is 247 Å². The SMILES string of the molecule is O=C(O)N1CCC(C(=O)N2CCC(Nc3ncc(Cl)c(-c4cn(S(=O)(=O)c5ccccc5)c5ccccc45)n3)C2)CC1. The van der Waals surface area contributed by atoms with Gasteiger partial charge in [0.05, 0.1) is 27.3 Å². The normalized spacial score (nSPS) is 18.0. The second-order valence-corrected chi connectivity index (χ2v) is 12.7. The number of benzene rings is 2. The molecule has 1 unspecified atom stereocenters. The van der Waals surface area contributed by atoms with Gasteiger partial charge in [0.25, 0.3) is 10.0 Å². The zero-order chi connectivity index (χ0) is 29.4. The monoisotopic (exact) mass is 608 g/mol. The van der Waals surface area contributed by atoms with Gasteiger partial charge in [0.2, 0.25) is 11.9 Å². The summed E-state index contributed by atoms with van der Waals surface area (Å²) in [4.78, 5) is 36.7. The Hall–Kier alpha value is -4.16. The lowest BCUT2D eigenvalue weighted by Crippen LogP contribution is -2.43. The van der Waals surface area contributed by atoms with E-state index in [1.807, 2.05) is 17.0 Å². The maximum Gasteiger partial charge on any atom is 0.407 e. The Morgan fingerprint density at radius 2 is 1.64 bits per heavy atom. The first-order valence-corrected chi connectivity index (χ1v) is 15.5. The van der Waals surface area contributed by atoms with Crippen molar-refractivity contribution in [1.82, 2.24) is 23.7 Å². The van der Waals surface area contributed by atoms with Crippen LogP contribution in [-0.4, -0.2) is 81.5 Å². The van der Waals surface area contributed by atoms with E-state index in [0.717, 1.165) is 0 Å². The highest BCUT2D eigenvalue weighted by molar-refractivity contribution is 7.90. The van der Waals surface area contributed by atoms with Gasteiger partial charge < -0.3 is 20.2 Å². The zero-order valence-electron chi connectivity index (χ0n) is 22.6. The number of para-hydroxylation sites is 1. The van der Waals surface area contributed by atoms with Gasteiger partial charge in [-0.1, -0.05) is 48.0 Å². The average molecular weight is 609 g/mol.